The first kappa shape index (κ1) is 30.3. The normalized spacial score (nSPS) is 19.0. The van der Waals surface area contributed by atoms with Crippen LogP contribution < -0.4 is 21.7 Å². The second-order valence-corrected chi connectivity index (χ2v) is 11.0. The molecule has 5 N–H and O–H groups in total. The van der Waals surface area contributed by atoms with Crippen LogP contribution in [-0.4, -0.2) is 96.4 Å². The molecule has 2 aliphatic heterocycles. The van der Waals surface area contributed by atoms with Crippen molar-refractivity contribution in [2.24, 2.45) is 22.4 Å². The molecule has 1 aromatic rings. The van der Waals surface area contributed by atoms with Gasteiger partial charge >= 0.3 is 12.1 Å². The summed E-state index contributed by atoms with van der Waals surface area (Å²) in [6, 6.07) is 7.15. The van der Waals surface area contributed by atoms with Gasteiger partial charge in [0.05, 0.1) is 5.54 Å². The summed E-state index contributed by atoms with van der Waals surface area (Å²) in [6.45, 7) is 13.5. The van der Waals surface area contributed by atoms with Crippen LogP contribution in [0.1, 0.15) is 39.2 Å². The lowest BCUT2D eigenvalue weighted by Crippen LogP contribution is -2.61. The lowest BCUT2D eigenvalue weighted by Gasteiger charge is -2.39. The lowest BCUT2D eigenvalue weighted by molar-refractivity contribution is -0.139. The maximum Gasteiger partial charge on any atom is 0.349 e. The zero-order valence-electron chi connectivity index (χ0n) is 23.7. The number of benzene rings is 1. The number of rotatable bonds is 6. The van der Waals surface area contributed by atoms with E-state index in [0.29, 0.717) is 37.9 Å². The van der Waals surface area contributed by atoms with Gasteiger partial charge in [0, 0.05) is 51.5 Å². The van der Waals surface area contributed by atoms with Gasteiger partial charge in [-0.25, -0.2) is 9.59 Å². The molecule has 0 bridgehead atoms. The quantitative estimate of drug-likeness (QED) is 0.372. The Morgan fingerprint density at radius 1 is 1.10 bits per heavy atom. The Labute approximate surface area is 231 Å². The van der Waals surface area contributed by atoms with Gasteiger partial charge in [0.2, 0.25) is 5.91 Å². The number of hydrogen-bond acceptors (Lipinski definition) is 6. The second kappa shape index (κ2) is 13.2. The van der Waals surface area contributed by atoms with E-state index in [1.807, 2.05) is 38.1 Å². The van der Waals surface area contributed by atoms with E-state index in [2.05, 4.69) is 21.8 Å². The minimum atomic E-state index is -0.957. The van der Waals surface area contributed by atoms with Crippen molar-refractivity contribution in [1.82, 2.24) is 20.0 Å². The Hall–Kier alpha value is -3.28. The van der Waals surface area contributed by atoms with Crippen LogP contribution in [0.25, 0.3) is 0 Å². The molecule has 2 fully saturated rings. The molecule has 11 nitrogen and oxygen atoms in total. The monoisotopic (exact) mass is 540 g/mol. The number of anilines is 1. The molecule has 11 heteroatoms. The van der Waals surface area contributed by atoms with Crippen LogP contribution in [0.5, 0.6) is 0 Å². The highest BCUT2D eigenvalue weighted by atomic mass is 16.2. The molecular formula is C28H44N8O3. The zero-order valence-corrected chi connectivity index (χ0v) is 23.7. The van der Waals surface area contributed by atoms with Gasteiger partial charge in [0.25, 0.3) is 0 Å². The fraction of sp³-hybridized carbons (Fsp3) is 0.571. The lowest BCUT2D eigenvalue weighted by atomic mass is 9.88. The highest BCUT2D eigenvalue weighted by Gasteiger charge is 2.37. The average Bonchev–Trinajstić information content (AvgIpc) is 2.93. The number of urea groups is 2. The van der Waals surface area contributed by atoms with E-state index in [-0.39, 0.29) is 17.7 Å². The molecule has 0 radical (unpaired) electrons. The molecule has 39 heavy (non-hydrogen) atoms. The molecule has 1 aromatic carbocycles. The van der Waals surface area contributed by atoms with E-state index in [1.165, 1.54) is 16.5 Å². The summed E-state index contributed by atoms with van der Waals surface area (Å²) in [6.07, 6.45) is 3.36. The van der Waals surface area contributed by atoms with E-state index in [0.717, 1.165) is 32.5 Å². The Kier molecular flexibility index (Phi) is 10.2. The molecule has 0 spiro atoms. The van der Waals surface area contributed by atoms with Crippen molar-refractivity contribution in [3.63, 3.8) is 0 Å². The van der Waals surface area contributed by atoms with E-state index in [1.54, 1.807) is 23.8 Å². The van der Waals surface area contributed by atoms with E-state index < -0.39 is 17.6 Å². The first-order chi connectivity index (χ1) is 18.4. The van der Waals surface area contributed by atoms with Crippen LogP contribution in [0.3, 0.4) is 0 Å². The number of nitrogens with two attached hydrogens (primary N) is 2. The molecule has 0 saturated carbocycles. The minimum absolute atomic E-state index is 0.00854. The van der Waals surface area contributed by atoms with Gasteiger partial charge < -0.3 is 21.3 Å². The first-order valence-electron chi connectivity index (χ1n) is 13.6. The van der Waals surface area contributed by atoms with Crippen LogP contribution in [0.4, 0.5) is 15.3 Å². The van der Waals surface area contributed by atoms with Crippen LogP contribution >= 0.6 is 0 Å². The van der Waals surface area contributed by atoms with Crippen molar-refractivity contribution in [1.29, 1.82) is 0 Å². The van der Waals surface area contributed by atoms with Gasteiger partial charge in [-0.3, -0.25) is 19.9 Å². The van der Waals surface area contributed by atoms with Gasteiger partial charge in [-0.1, -0.05) is 32.6 Å². The van der Waals surface area contributed by atoms with Crippen LogP contribution in [0, 0.1) is 5.92 Å². The number of piperazine rings is 1. The van der Waals surface area contributed by atoms with Crippen LogP contribution in [-0.2, 0) is 11.3 Å². The molecule has 2 saturated heterocycles. The molecule has 0 aromatic heterocycles. The standard InChI is InChI=1S/C28H44N8O3/c1-6-24(32-27(39)36-17-15-35(16-18-36)25(37)28(4,30)20(2)3)31-26(38)33(5)23-9-7-21(8-10-23)19-34-13-11-22(29)12-14-34/h6-10,20,22H,1,11-19,29-30H2,2-5H3,(H,31,32,38,39)/t28-/m0/s1. The van der Waals surface area contributed by atoms with Gasteiger partial charge in [-0.05, 0) is 62.5 Å². The second-order valence-electron chi connectivity index (χ2n) is 11.0. The number of amidine groups is 1. The number of nitrogens with zero attached hydrogens (tertiary/aromatic N) is 5. The highest BCUT2D eigenvalue weighted by molar-refractivity contribution is 6.10. The molecule has 2 heterocycles. The Bertz CT molecular complexity index is 1050. The maximum atomic E-state index is 12.8. The number of aliphatic imine (C=N–C) groups is 1. The van der Waals surface area contributed by atoms with Gasteiger partial charge in [-0.15, -0.1) is 0 Å². The Morgan fingerprint density at radius 3 is 2.21 bits per heavy atom. The third kappa shape index (κ3) is 7.87. The first-order valence-corrected chi connectivity index (χ1v) is 13.6. The summed E-state index contributed by atoms with van der Waals surface area (Å²) >= 11 is 0. The number of hydrogen-bond donors (Lipinski definition) is 3. The molecular weight excluding hydrogens is 496 g/mol. The van der Waals surface area contributed by atoms with Crippen LogP contribution in [0.2, 0.25) is 0 Å². The van der Waals surface area contributed by atoms with Crippen molar-refractivity contribution in [2.45, 2.75) is 51.7 Å². The summed E-state index contributed by atoms with van der Waals surface area (Å²) in [4.78, 5) is 49.5. The number of carbonyl (C=O) groups is 3. The summed E-state index contributed by atoms with van der Waals surface area (Å²) in [7, 11) is 1.63. The fourth-order valence-electron chi connectivity index (χ4n) is 4.50. The van der Waals surface area contributed by atoms with Crippen molar-refractivity contribution >= 4 is 29.5 Å². The smallest absolute Gasteiger partial charge is 0.338 e. The van der Waals surface area contributed by atoms with Gasteiger partial charge in [0.15, 0.2) is 0 Å². The maximum absolute atomic E-state index is 12.8. The average molecular weight is 541 g/mol. The van der Waals surface area contributed by atoms with E-state index in [4.69, 9.17) is 11.5 Å². The van der Waals surface area contributed by atoms with Crippen molar-refractivity contribution in [2.75, 3.05) is 51.2 Å². The molecule has 0 unspecified atom stereocenters. The van der Waals surface area contributed by atoms with Crippen LogP contribution in [0.15, 0.2) is 41.9 Å². The molecule has 1 atom stereocenters. The van der Waals surface area contributed by atoms with Gasteiger partial charge in [0.1, 0.15) is 5.84 Å². The topological polar surface area (TPSA) is 141 Å². The Balaban J connectivity index is 1.52. The number of piperidine rings is 1. The van der Waals surface area contributed by atoms with Crippen molar-refractivity contribution in [3.05, 3.63) is 42.5 Å². The third-order valence-corrected chi connectivity index (χ3v) is 7.81. The van der Waals surface area contributed by atoms with Crippen molar-refractivity contribution < 1.29 is 14.4 Å². The predicted molar refractivity (Wildman–Crippen MR) is 154 cm³/mol. The Morgan fingerprint density at radius 2 is 1.67 bits per heavy atom. The van der Waals surface area contributed by atoms with E-state index in [9.17, 15) is 14.4 Å². The van der Waals surface area contributed by atoms with E-state index >= 15 is 0 Å². The minimum Gasteiger partial charge on any atom is -0.338 e. The SMILES string of the molecule is C=C/C(=N\C(=O)N(C)c1ccc(CN2CCC(N)CC2)cc1)NC(=O)N1CCN(C(=O)[C@@](C)(N)C(C)C)CC1. The van der Waals surface area contributed by atoms with Gasteiger partial charge in [-0.2, -0.15) is 4.99 Å². The molecule has 3 rings (SSSR count). The zero-order chi connectivity index (χ0) is 28.7. The summed E-state index contributed by atoms with van der Waals surface area (Å²) in [5.41, 5.74) is 13.1. The number of amides is 5. The molecule has 2 aliphatic rings. The third-order valence-electron chi connectivity index (χ3n) is 7.81. The number of likely N-dealkylation sites (tertiary alicyclic amines) is 1. The largest absolute Gasteiger partial charge is 0.349 e. The summed E-state index contributed by atoms with van der Waals surface area (Å²) in [5, 5.41) is 2.65. The summed E-state index contributed by atoms with van der Waals surface area (Å²) < 4.78 is 0. The highest BCUT2D eigenvalue weighted by Crippen LogP contribution is 2.19. The van der Waals surface area contributed by atoms with Crippen molar-refractivity contribution in [3.8, 4) is 0 Å². The molecule has 214 valence electrons. The summed E-state index contributed by atoms with van der Waals surface area (Å²) in [5.74, 6) is -0.0702. The predicted octanol–water partition coefficient (Wildman–Crippen LogP) is 1.98. The molecule has 5 amide bonds. The molecule has 0 aliphatic carbocycles. The fourth-order valence-corrected chi connectivity index (χ4v) is 4.50. The number of nitrogens with one attached hydrogen (secondary N) is 1. The number of carbonyl (C=O) groups excluding carboxylic acids is 3.